The second-order valence-corrected chi connectivity index (χ2v) is 9.20. The Kier molecular flexibility index (Phi) is 7.94. The fourth-order valence-electron chi connectivity index (χ4n) is 4.14. The highest BCUT2D eigenvalue weighted by Gasteiger charge is 2.33. The Morgan fingerprint density at radius 3 is 2.77 bits per heavy atom. The molecular weight excluding hydrogens is 380 g/mol. The predicted octanol–water partition coefficient (Wildman–Crippen LogP) is 3.09. The van der Waals surface area contributed by atoms with Crippen LogP contribution in [0.4, 0.5) is 4.79 Å². The van der Waals surface area contributed by atoms with Crippen molar-refractivity contribution in [3.63, 3.8) is 0 Å². The average molecular weight is 417 g/mol. The van der Waals surface area contributed by atoms with Crippen molar-refractivity contribution < 1.29 is 14.3 Å². The lowest BCUT2D eigenvalue weighted by Gasteiger charge is -2.34. The minimum atomic E-state index is 0.0494. The summed E-state index contributed by atoms with van der Waals surface area (Å²) in [5.74, 6) is 2.12. The van der Waals surface area contributed by atoms with Gasteiger partial charge in [-0.15, -0.1) is 0 Å². The number of carbonyl (C=O) groups excluding carboxylic acids is 2. The number of rotatable bonds is 8. The van der Waals surface area contributed by atoms with Gasteiger partial charge < -0.3 is 19.9 Å². The van der Waals surface area contributed by atoms with Gasteiger partial charge >= 0.3 is 6.03 Å². The average Bonchev–Trinajstić information content (AvgIpc) is 3.06. The molecule has 1 aromatic rings. The molecule has 1 N–H and O–H groups in total. The number of aryl methyl sites for hydroxylation is 1. The van der Waals surface area contributed by atoms with Crippen LogP contribution in [0.1, 0.15) is 45.1 Å². The molecule has 166 valence electrons. The van der Waals surface area contributed by atoms with Gasteiger partial charge in [0, 0.05) is 57.3 Å². The van der Waals surface area contributed by atoms with Gasteiger partial charge in [-0.3, -0.25) is 4.79 Å². The van der Waals surface area contributed by atoms with E-state index in [1.165, 1.54) is 0 Å². The predicted molar refractivity (Wildman–Crippen MR) is 116 cm³/mol. The molecule has 2 aliphatic heterocycles. The molecule has 7 heteroatoms. The summed E-state index contributed by atoms with van der Waals surface area (Å²) < 4.78 is 5.80. The molecule has 0 aromatic carbocycles. The van der Waals surface area contributed by atoms with E-state index >= 15 is 0 Å². The Labute approximate surface area is 180 Å². The molecule has 0 aliphatic carbocycles. The highest BCUT2D eigenvalue weighted by molar-refractivity contribution is 5.78. The lowest BCUT2D eigenvalue weighted by atomic mass is 9.96. The number of amides is 3. The first-order valence-corrected chi connectivity index (χ1v) is 11.3. The lowest BCUT2D eigenvalue weighted by molar-refractivity contribution is -0.128. The molecule has 3 amide bonds. The fraction of sp³-hybridized carbons (Fsp3) is 0.696. The van der Waals surface area contributed by atoms with Crippen LogP contribution in [-0.2, 0) is 4.79 Å². The lowest BCUT2D eigenvalue weighted by Crippen LogP contribution is -2.46. The number of hydrogen-bond acceptors (Lipinski definition) is 4. The second kappa shape index (κ2) is 10.6. The van der Waals surface area contributed by atoms with Crippen molar-refractivity contribution >= 4 is 11.9 Å². The summed E-state index contributed by atoms with van der Waals surface area (Å²) in [5, 5.41) is 3.02. The van der Waals surface area contributed by atoms with E-state index in [-0.39, 0.29) is 17.9 Å². The number of nitrogens with zero attached hydrogens (tertiary/aromatic N) is 3. The minimum Gasteiger partial charge on any atom is -0.477 e. The maximum atomic E-state index is 12.4. The van der Waals surface area contributed by atoms with Crippen molar-refractivity contribution in [2.75, 3.05) is 39.3 Å². The van der Waals surface area contributed by atoms with Crippen molar-refractivity contribution in [1.82, 2.24) is 20.1 Å². The van der Waals surface area contributed by atoms with E-state index in [1.807, 2.05) is 28.9 Å². The van der Waals surface area contributed by atoms with E-state index in [4.69, 9.17) is 4.74 Å². The number of nitrogens with one attached hydrogen (secondary N) is 1. The molecule has 30 heavy (non-hydrogen) atoms. The molecule has 0 radical (unpaired) electrons. The van der Waals surface area contributed by atoms with E-state index in [9.17, 15) is 9.59 Å². The van der Waals surface area contributed by atoms with Gasteiger partial charge in [0.25, 0.3) is 0 Å². The third kappa shape index (κ3) is 6.61. The minimum absolute atomic E-state index is 0.0494. The Bertz CT molecular complexity index is 716. The number of piperidine rings is 1. The first kappa shape index (κ1) is 22.4. The normalized spacial score (nSPS) is 20.1. The first-order chi connectivity index (χ1) is 14.4. The molecule has 1 unspecified atom stereocenters. The largest absolute Gasteiger partial charge is 0.477 e. The van der Waals surface area contributed by atoms with Crippen LogP contribution in [0.3, 0.4) is 0 Å². The van der Waals surface area contributed by atoms with Gasteiger partial charge in [-0.05, 0) is 49.7 Å². The molecule has 7 nitrogen and oxygen atoms in total. The smallest absolute Gasteiger partial charge is 0.317 e. The van der Waals surface area contributed by atoms with E-state index < -0.39 is 0 Å². The fourth-order valence-corrected chi connectivity index (χ4v) is 4.14. The Hall–Kier alpha value is -2.31. The molecule has 2 saturated heterocycles. The molecule has 1 aromatic heterocycles. The number of hydrogen-bond donors (Lipinski definition) is 1. The van der Waals surface area contributed by atoms with E-state index in [0.717, 1.165) is 57.5 Å². The van der Waals surface area contributed by atoms with E-state index in [0.29, 0.717) is 30.7 Å². The van der Waals surface area contributed by atoms with Crippen LogP contribution in [0, 0.1) is 24.7 Å². The van der Waals surface area contributed by atoms with Crippen LogP contribution in [0.25, 0.3) is 0 Å². The molecule has 0 saturated carbocycles. The number of aromatic nitrogens is 1. The molecule has 0 bridgehead atoms. The number of pyridine rings is 1. The van der Waals surface area contributed by atoms with Crippen LogP contribution in [-0.4, -0.2) is 66.1 Å². The van der Waals surface area contributed by atoms with Gasteiger partial charge in [-0.2, -0.15) is 0 Å². The van der Waals surface area contributed by atoms with Gasteiger partial charge in [0.1, 0.15) is 0 Å². The van der Waals surface area contributed by atoms with E-state index in [2.05, 4.69) is 24.1 Å². The molecule has 2 aliphatic rings. The third-order valence-corrected chi connectivity index (χ3v) is 6.03. The molecule has 3 heterocycles. The van der Waals surface area contributed by atoms with Crippen molar-refractivity contribution in [2.24, 2.45) is 17.8 Å². The maximum Gasteiger partial charge on any atom is 0.317 e. The van der Waals surface area contributed by atoms with Crippen LogP contribution in [0.2, 0.25) is 0 Å². The van der Waals surface area contributed by atoms with Crippen LogP contribution < -0.4 is 10.1 Å². The van der Waals surface area contributed by atoms with Crippen LogP contribution >= 0.6 is 0 Å². The summed E-state index contributed by atoms with van der Waals surface area (Å²) in [5.41, 5.74) is 1.11. The molecule has 3 rings (SSSR count). The van der Waals surface area contributed by atoms with Crippen molar-refractivity contribution in [1.29, 1.82) is 0 Å². The van der Waals surface area contributed by atoms with Crippen LogP contribution in [0.15, 0.2) is 18.3 Å². The van der Waals surface area contributed by atoms with E-state index in [1.54, 1.807) is 6.20 Å². The summed E-state index contributed by atoms with van der Waals surface area (Å²) in [6.45, 7) is 10.7. The number of likely N-dealkylation sites (tertiary alicyclic amines) is 2. The van der Waals surface area contributed by atoms with Crippen molar-refractivity contribution in [3.8, 4) is 5.88 Å². The van der Waals surface area contributed by atoms with Gasteiger partial charge in [0.15, 0.2) is 0 Å². The van der Waals surface area contributed by atoms with Gasteiger partial charge in [-0.25, -0.2) is 9.78 Å². The Morgan fingerprint density at radius 1 is 1.30 bits per heavy atom. The number of carbonyl (C=O) groups is 2. The second-order valence-electron chi connectivity index (χ2n) is 9.20. The molecule has 2 fully saturated rings. The summed E-state index contributed by atoms with van der Waals surface area (Å²) >= 11 is 0. The zero-order valence-corrected chi connectivity index (χ0v) is 18.6. The van der Waals surface area contributed by atoms with Crippen molar-refractivity contribution in [2.45, 2.75) is 46.5 Å². The quantitative estimate of drug-likeness (QED) is 0.707. The summed E-state index contributed by atoms with van der Waals surface area (Å²) in [6, 6.07) is 3.91. The zero-order chi connectivity index (χ0) is 21.5. The van der Waals surface area contributed by atoms with Gasteiger partial charge in [0.05, 0.1) is 6.61 Å². The van der Waals surface area contributed by atoms with Gasteiger partial charge in [-0.1, -0.05) is 13.8 Å². The maximum absolute atomic E-state index is 12.4. The Morgan fingerprint density at radius 2 is 2.07 bits per heavy atom. The number of urea groups is 1. The van der Waals surface area contributed by atoms with Crippen molar-refractivity contribution in [3.05, 3.63) is 23.9 Å². The number of ether oxygens (including phenoxy) is 1. The first-order valence-electron chi connectivity index (χ1n) is 11.3. The third-order valence-electron chi connectivity index (χ3n) is 6.03. The summed E-state index contributed by atoms with van der Waals surface area (Å²) in [6.07, 6.45) is 5.20. The topological polar surface area (TPSA) is 74.8 Å². The molecule has 0 spiro atoms. The standard InChI is InChI=1S/C23H36N4O3/c1-17(2)4-8-25-23(29)26-10-6-19(7-11-26)14-27-15-20(13-22(27)28)16-30-21-12-18(3)5-9-24-21/h5,9,12,17,19-20H,4,6-8,10-11,13-16H2,1-3H3,(H,25,29). The molecular formula is C23H36N4O3. The summed E-state index contributed by atoms with van der Waals surface area (Å²) in [4.78, 5) is 32.8. The SMILES string of the molecule is Cc1ccnc(OCC2CC(=O)N(CC3CCN(C(=O)NCCC(C)C)CC3)C2)c1. The monoisotopic (exact) mass is 416 g/mol. The van der Waals surface area contributed by atoms with Crippen LogP contribution in [0.5, 0.6) is 5.88 Å². The highest BCUT2D eigenvalue weighted by atomic mass is 16.5. The molecule has 1 atom stereocenters. The summed E-state index contributed by atoms with van der Waals surface area (Å²) in [7, 11) is 0. The zero-order valence-electron chi connectivity index (χ0n) is 18.6. The van der Waals surface area contributed by atoms with Gasteiger partial charge in [0.2, 0.25) is 11.8 Å². The Balaban J connectivity index is 1.36. The highest BCUT2D eigenvalue weighted by Crippen LogP contribution is 2.24.